The molecule has 1 aliphatic rings. The molecule has 0 saturated carbocycles. The Kier molecular flexibility index (Phi) is 6.30. The minimum absolute atomic E-state index is 0.139. The Morgan fingerprint density at radius 2 is 2.06 bits per heavy atom. The molecule has 3 N–H and O–H groups in total. The van der Waals surface area contributed by atoms with Crippen LogP contribution >= 0.6 is 11.3 Å². The van der Waals surface area contributed by atoms with Gasteiger partial charge < -0.3 is 20.0 Å². The number of amides is 2. The largest absolute Gasteiger partial charge is 0.394 e. The van der Waals surface area contributed by atoms with Crippen molar-refractivity contribution in [1.82, 2.24) is 14.9 Å². The SMILES string of the molecule is Cc1ccc2nc(NC(=O)N3CCN(c4ncc(C[C@@H](O)CO)cc4F)CC3)sc2c1. The fraction of sp³-hybridized carbons (Fsp3) is 0.381. The predicted octanol–water partition coefficient (Wildman–Crippen LogP) is 2.39. The number of rotatable bonds is 5. The molecule has 1 aromatic carbocycles. The number of hydrogen-bond donors (Lipinski definition) is 3. The summed E-state index contributed by atoms with van der Waals surface area (Å²) in [5.41, 5.74) is 2.52. The number of urea groups is 1. The summed E-state index contributed by atoms with van der Waals surface area (Å²) in [6.45, 7) is 3.40. The molecule has 1 fully saturated rings. The summed E-state index contributed by atoms with van der Waals surface area (Å²) in [5.74, 6) is -0.255. The third-order valence-electron chi connectivity index (χ3n) is 5.18. The molecule has 0 unspecified atom stereocenters. The zero-order valence-corrected chi connectivity index (χ0v) is 17.9. The molecule has 0 radical (unpaired) electrons. The Hall–Kier alpha value is -2.82. The highest BCUT2D eigenvalue weighted by atomic mass is 32.1. The van der Waals surface area contributed by atoms with Crippen molar-refractivity contribution in [2.75, 3.05) is 43.0 Å². The lowest BCUT2D eigenvalue weighted by atomic mass is 10.1. The Bertz CT molecular complexity index is 1080. The van der Waals surface area contributed by atoms with Crippen molar-refractivity contribution >= 4 is 38.5 Å². The smallest absolute Gasteiger partial charge is 0.323 e. The maximum atomic E-state index is 14.5. The van der Waals surface area contributed by atoms with Crippen LogP contribution in [0.1, 0.15) is 11.1 Å². The molecule has 1 saturated heterocycles. The van der Waals surface area contributed by atoms with E-state index in [1.54, 1.807) is 9.80 Å². The van der Waals surface area contributed by atoms with Gasteiger partial charge in [-0.15, -0.1) is 0 Å². The molecular weight excluding hydrogens is 421 g/mol. The second-order valence-corrected chi connectivity index (χ2v) is 8.61. The summed E-state index contributed by atoms with van der Waals surface area (Å²) in [5, 5.41) is 21.8. The van der Waals surface area contributed by atoms with Crippen molar-refractivity contribution < 1.29 is 19.4 Å². The van der Waals surface area contributed by atoms with Gasteiger partial charge in [0.05, 0.1) is 22.9 Å². The Morgan fingerprint density at radius 1 is 1.29 bits per heavy atom. The van der Waals surface area contributed by atoms with E-state index in [9.17, 15) is 14.3 Å². The number of pyridine rings is 1. The third kappa shape index (κ3) is 4.92. The number of thiazole rings is 1. The van der Waals surface area contributed by atoms with Crippen molar-refractivity contribution in [3.8, 4) is 0 Å². The summed E-state index contributed by atoms with van der Waals surface area (Å²) < 4.78 is 15.5. The van der Waals surface area contributed by atoms with Gasteiger partial charge in [0.1, 0.15) is 0 Å². The zero-order valence-electron chi connectivity index (χ0n) is 17.1. The van der Waals surface area contributed by atoms with Crippen LogP contribution in [0.2, 0.25) is 0 Å². The number of nitrogens with one attached hydrogen (secondary N) is 1. The van der Waals surface area contributed by atoms with Crippen molar-refractivity contribution in [2.24, 2.45) is 0 Å². The number of aliphatic hydroxyl groups is 2. The van der Waals surface area contributed by atoms with Gasteiger partial charge in [0.2, 0.25) is 0 Å². The van der Waals surface area contributed by atoms with Gasteiger partial charge in [0.25, 0.3) is 0 Å². The van der Waals surface area contributed by atoms with Gasteiger partial charge in [-0.3, -0.25) is 5.32 Å². The first kappa shape index (κ1) is 21.4. The van der Waals surface area contributed by atoms with Gasteiger partial charge in [0.15, 0.2) is 16.8 Å². The van der Waals surface area contributed by atoms with Crippen LogP contribution in [0.4, 0.5) is 20.1 Å². The van der Waals surface area contributed by atoms with E-state index in [2.05, 4.69) is 15.3 Å². The number of carbonyl (C=O) groups excluding carboxylic acids is 1. The normalized spacial score (nSPS) is 15.4. The number of aliphatic hydroxyl groups excluding tert-OH is 2. The number of fused-ring (bicyclic) bond motifs is 1. The lowest BCUT2D eigenvalue weighted by Crippen LogP contribution is -2.50. The molecule has 1 aliphatic heterocycles. The highest BCUT2D eigenvalue weighted by Gasteiger charge is 2.24. The fourth-order valence-corrected chi connectivity index (χ4v) is 4.48. The van der Waals surface area contributed by atoms with Crippen LogP contribution < -0.4 is 10.2 Å². The molecule has 1 atom stereocenters. The van der Waals surface area contributed by atoms with E-state index < -0.39 is 11.9 Å². The number of carbonyl (C=O) groups is 1. The molecule has 31 heavy (non-hydrogen) atoms. The standard InChI is InChI=1S/C21H24FN5O3S/c1-13-2-3-17-18(8-13)31-20(24-17)25-21(30)27-6-4-26(5-7-27)19-16(22)10-14(11-23-19)9-15(29)12-28/h2-3,8,10-11,15,28-29H,4-7,9,12H2,1H3,(H,24,25,30)/t15-/m1/s1. The summed E-state index contributed by atoms with van der Waals surface area (Å²) in [6, 6.07) is 7.07. The molecule has 3 heterocycles. The molecular formula is C21H24FN5O3S. The van der Waals surface area contributed by atoms with Crippen molar-refractivity contribution in [2.45, 2.75) is 19.4 Å². The van der Waals surface area contributed by atoms with Crippen LogP contribution in [0.3, 0.4) is 0 Å². The summed E-state index contributed by atoms with van der Waals surface area (Å²) in [7, 11) is 0. The third-order valence-corrected chi connectivity index (χ3v) is 6.12. The summed E-state index contributed by atoms with van der Waals surface area (Å²) >= 11 is 1.44. The van der Waals surface area contributed by atoms with E-state index in [0.29, 0.717) is 36.9 Å². The molecule has 8 nitrogen and oxygen atoms in total. The molecule has 10 heteroatoms. The first-order chi connectivity index (χ1) is 14.9. The molecule has 2 amide bonds. The van der Waals surface area contributed by atoms with Crippen LogP contribution in [-0.4, -0.2) is 70.0 Å². The highest BCUT2D eigenvalue weighted by molar-refractivity contribution is 7.22. The van der Waals surface area contributed by atoms with Crippen LogP contribution in [0.25, 0.3) is 10.2 Å². The Morgan fingerprint density at radius 3 is 2.77 bits per heavy atom. The van der Waals surface area contributed by atoms with E-state index in [1.807, 2.05) is 25.1 Å². The second-order valence-electron chi connectivity index (χ2n) is 7.58. The Balaban J connectivity index is 1.35. The molecule has 2 aromatic heterocycles. The van der Waals surface area contributed by atoms with Gasteiger partial charge in [-0.1, -0.05) is 17.4 Å². The fourth-order valence-electron chi connectivity index (χ4n) is 3.53. The summed E-state index contributed by atoms with van der Waals surface area (Å²) in [4.78, 5) is 24.7. The van der Waals surface area contributed by atoms with E-state index >= 15 is 0 Å². The average molecular weight is 446 g/mol. The monoisotopic (exact) mass is 445 g/mol. The van der Waals surface area contributed by atoms with E-state index in [-0.39, 0.29) is 24.9 Å². The van der Waals surface area contributed by atoms with Crippen LogP contribution in [0.15, 0.2) is 30.5 Å². The van der Waals surface area contributed by atoms with E-state index in [4.69, 9.17) is 5.11 Å². The lowest BCUT2D eigenvalue weighted by Gasteiger charge is -2.35. The lowest BCUT2D eigenvalue weighted by molar-refractivity contribution is 0.0954. The minimum Gasteiger partial charge on any atom is -0.394 e. The molecule has 0 spiro atoms. The van der Waals surface area contributed by atoms with Crippen LogP contribution in [-0.2, 0) is 6.42 Å². The Labute approximate surface area is 183 Å². The van der Waals surface area contributed by atoms with Gasteiger partial charge in [-0.25, -0.2) is 19.2 Å². The van der Waals surface area contributed by atoms with Crippen molar-refractivity contribution in [1.29, 1.82) is 0 Å². The predicted molar refractivity (Wildman–Crippen MR) is 118 cm³/mol. The number of piperazine rings is 1. The van der Waals surface area contributed by atoms with Gasteiger partial charge >= 0.3 is 6.03 Å². The zero-order chi connectivity index (χ0) is 22.0. The van der Waals surface area contributed by atoms with E-state index in [0.717, 1.165) is 15.8 Å². The number of aryl methyl sites for hydroxylation is 1. The van der Waals surface area contributed by atoms with Crippen LogP contribution in [0.5, 0.6) is 0 Å². The van der Waals surface area contributed by atoms with E-state index in [1.165, 1.54) is 23.6 Å². The number of aromatic nitrogens is 2. The van der Waals surface area contributed by atoms with Crippen molar-refractivity contribution in [3.63, 3.8) is 0 Å². The molecule has 0 aliphatic carbocycles. The molecule has 4 rings (SSSR count). The second kappa shape index (κ2) is 9.13. The van der Waals surface area contributed by atoms with Gasteiger partial charge in [0, 0.05) is 38.8 Å². The first-order valence-corrected chi connectivity index (χ1v) is 10.9. The van der Waals surface area contributed by atoms with Crippen molar-refractivity contribution in [3.05, 3.63) is 47.4 Å². The molecule has 0 bridgehead atoms. The topological polar surface area (TPSA) is 102 Å². The molecule has 3 aromatic rings. The maximum absolute atomic E-state index is 14.5. The van der Waals surface area contributed by atoms with Gasteiger partial charge in [-0.05, 0) is 36.2 Å². The minimum atomic E-state index is -0.937. The number of anilines is 2. The first-order valence-electron chi connectivity index (χ1n) is 10.0. The number of nitrogens with zero attached hydrogens (tertiary/aromatic N) is 4. The maximum Gasteiger partial charge on any atom is 0.323 e. The van der Waals surface area contributed by atoms with Crippen LogP contribution in [0, 0.1) is 12.7 Å². The molecule has 164 valence electrons. The van der Waals surface area contributed by atoms with Gasteiger partial charge in [-0.2, -0.15) is 0 Å². The number of benzene rings is 1. The quantitative estimate of drug-likeness (QED) is 0.558. The average Bonchev–Trinajstić information content (AvgIpc) is 3.15. The summed E-state index contributed by atoms with van der Waals surface area (Å²) in [6.07, 6.45) is 0.708. The highest BCUT2D eigenvalue weighted by Crippen LogP contribution is 2.27. The number of hydrogen-bond acceptors (Lipinski definition) is 7. The number of halogens is 1.